The van der Waals surface area contributed by atoms with Gasteiger partial charge in [-0.15, -0.1) is 0 Å². The highest BCUT2D eigenvalue weighted by atomic mass is 16.6. The van der Waals surface area contributed by atoms with Crippen LogP contribution in [0.3, 0.4) is 0 Å². The minimum absolute atomic E-state index is 0.0730. The Morgan fingerprint density at radius 1 is 0.833 bits per heavy atom. The molecule has 0 aliphatic heterocycles. The van der Waals surface area contributed by atoms with Crippen molar-refractivity contribution in [1.29, 1.82) is 0 Å². The van der Waals surface area contributed by atoms with E-state index in [2.05, 4.69) is 28.8 Å². The number of hydrogen-bond donors (Lipinski definition) is 0. The first-order valence-corrected chi connectivity index (χ1v) is 9.69. The van der Waals surface area contributed by atoms with Crippen molar-refractivity contribution >= 4 is 49.4 Å². The van der Waals surface area contributed by atoms with E-state index in [-0.39, 0.29) is 10.6 Å². The number of fused-ring (bicyclic) bond motifs is 6. The maximum Gasteiger partial charge on any atom is 0.269 e. The second kappa shape index (κ2) is 5.94. The number of nitro benzene ring substituents is 1. The molecule has 2 heterocycles. The molecule has 4 aromatic carbocycles. The predicted molar refractivity (Wildman–Crippen MR) is 120 cm³/mol. The first-order chi connectivity index (χ1) is 14.6. The lowest BCUT2D eigenvalue weighted by molar-refractivity contribution is -0.384. The molecular weight excluding hydrogens is 376 g/mol. The number of rotatable bonds is 2. The number of para-hydroxylation sites is 2. The number of aromatic nitrogens is 1. The van der Waals surface area contributed by atoms with Crippen molar-refractivity contribution in [3.8, 4) is 11.1 Å². The minimum atomic E-state index is -0.377. The molecule has 6 rings (SSSR count). The Labute approximate surface area is 170 Å². The average Bonchev–Trinajstić information content (AvgIpc) is 3.28. The van der Waals surface area contributed by atoms with Crippen LogP contribution in [0.2, 0.25) is 0 Å². The Bertz CT molecular complexity index is 1620. The molecule has 2 aromatic heterocycles. The molecule has 0 radical (unpaired) electrons. The molecule has 0 saturated carbocycles. The molecule has 0 unspecified atom stereocenters. The molecule has 0 bridgehead atoms. The van der Waals surface area contributed by atoms with Gasteiger partial charge in [-0.2, -0.15) is 0 Å². The van der Waals surface area contributed by atoms with Gasteiger partial charge in [-0.3, -0.25) is 10.1 Å². The zero-order valence-electron chi connectivity index (χ0n) is 16.1. The van der Waals surface area contributed by atoms with Crippen LogP contribution in [0.1, 0.15) is 0 Å². The Morgan fingerprint density at radius 2 is 1.53 bits per heavy atom. The maximum atomic E-state index is 11.1. The largest absolute Gasteiger partial charge is 0.455 e. The summed E-state index contributed by atoms with van der Waals surface area (Å²) in [5.41, 5.74) is 5.72. The van der Waals surface area contributed by atoms with Crippen LogP contribution in [0.15, 0.2) is 83.3 Å². The monoisotopic (exact) mass is 392 g/mol. The number of aryl methyl sites for hydroxylation is 1. The summed E-state index contributed by atoms with van der Waals surface area (Å²) in [6.07, 6.45) is 0. The summed E-state index contributed by atoms with van der Waals surface area (Å²) in [5, 5.41) is 15.6. The molecule has 0 saturated heterocycles. The average molecular weight is 392 g/mol. The second-order valence-corrected chi connectivity index (χ2v) is 7.50. The molecule has 144 valence electrons. The summed E-state index contributed by atoms with van der Waals surface area (Å²) in [4.78, 5) is 10.8. The lowest BCUT2D eigenvalue weighted by Gasteiger charge is -2.08. The third-order valence-electron chi connectivity index (χ3n) is 5.90. The summed E-state index contributed by atoms with van der Waals surface area (Å²) < 4.78 is 8.50. The highest BCUT2D eigenvalue weighted by molar-refractivity contribution is 6.23. The van der Waals surface area contributed by atoms with E-state index in [9.17, 15) is 10.1 Å². The highest BCUT2D eigenvalue weighted by Crippen LogP contribution is 2.44. The van der Waals surface area contributed by atoms with Gasteiger partial charge in [0, 0.05) is 51.8 Å². The fourth-order valence-corrected chi connectivity index (χ4v) is 4.53. The van der Waals surface area contributed by atoms with Gasteiger partial charge in [0.1, 0.15) is 11.2 Å². The minimum Gasteiger partial charge on any atom is -0.455 e. The molecule has 0 N–H and O–H groups in total. The van der Waals surface area contributed by atoms with Gasteiger partial charge in [-0.05, 0) is 35.9 Å². The Kier molecular flexibility index (Phi) is 3.33. The van der Waals surface area contributed by atoms with Gasteiger partial charge >= 0.3 is 0 Å². The van der Waals surface area contributed by atoms with Crippen molar-refractivity contribution in [3.63, 3.8) is 0 Å². The van der Waals surface area contributed by atoms with Gasteiger partial charge in [0.2, 0.25) is 0 Å². The van der Waals surface area contributed by atoms with Crippen molar-refractivity contribution in [2.24, 2.45) is 7.05 Å². The molecule has 0 atom stereocenters. The van der Waals surface area contributed by atoms with Crippen molar-refractivity contribution < 1.29 is 9.34 Å². The van der Waals surface area contributed by atoms with Gasteiger partial charge < -0.3 is 8.98 Å². The van der Waals surface area contributed by atoms with Crippen LogP contribution in [0.25, 0.3) is 54.9 Å². The Morgan fingerprint density at radius 3 is 2.30 bits per heavy atom. The summed E-state index contributed by atoms with van der Waals surface area (Å²) >= 11 is 0. The molecule has 30 heavy (non-hydrogen) atoms. The van der Waals surface area contributed by atoms with Crippen LogP contribution in [0.5, 0.6) is 0 Å². The van der Waals surface area contributed by atoms with E-state index < -0.39 is 0 Å². The number of non-ortho nitro benzene ring substituents is 1. The lowest BCUT2D eigenvalue weighted by Crippen LogP contribution is -1.92. The van der Waals surface area contributed by atoms with Crippen molar-refractivity contribution in [1.82, 2.24) is 4.57 Å². The van der Waals surface area contributed by atoms with Gasteiger partial charge in [-0.1, -0.05) is 36.4 Å². The highest BCUT2D eigenvalue weighted by Gasteiger charge is 2.21. The van der Waals surface area contributed by atoms with Crippen LogP contribution < -0.4 is 0 Å². The van der Waals surface area contributed by atoms with E-state index in [4.69, 9.17) is 4.42 Å². The molecule has 0 amide bonds. The number of benzene rings is 4. The van der Waals surface area contributed by atoms with Crippen LogP contribution in [-0.4, -0.2) is 9.49 Å². The van der Waals surface area contributed by atoms with Crippen LogP contribution in [-0.2, 0) is 7.05 Å². The number of nitrogens with zero attached hydrogens (tertiary/aromatic N) is 2. The van der Waals surface area contributed by atoms with E-state index >= 15 is 0 Å². The number of furan rings is 1. The van der Waals surface area contributed by atoms with Crippen molar-refractivity contribution in [2.45, 2.75) is 0 Å². The van der Waals surface area contributed by atoms with Gasteiger partial charge in [-0.25, -0.2) is 0 Å². The first-order valence-electron chi connectivity index (χ1n) is 9.69. The summed E-state index contributed by atoms with van der Waals surface area (Å²) in [6, 6.07) is 25.2. The quantitative estimate of drug-likeness (QED) is 0.240. The zero-order valence-corrected chi connectivity index (χ0v) is 16.1. The molecular formula is C25H16N2O3. The fraction of sp³-hybridized carbons (Fsp3) is 0.0400. The molecule has 6 aromatic rings. The topological polar surface area (TPSA) is 61.2 Å². The van der Waals surface area contributed by atoms with Crippen molar-refractivity contribution in [3.05, 3.63) is 89.0 Å². The van der Waals surface area contributed by atoms with E-state index in [1.807, 2.05) is 37.4 Å². The number of nitro groups is 1. The summed E-state index contributed by atoms with van der Waals surface area (Å²) in [7, 11) is 2.05. The summed E-state index contributed by atoms with van der Waals surface area (Å²) in [6.45, 7) is 0. The normalized spacial score (nSPS) is 11.8. The third-order valence-corrected chi connectivity index (χ3v) is 5.90. The molecule has 0 spiro atoms. The Balaban J connectivity index is 1.84. The molecule has 5 nitrogen and oxygen atoms in total. The van der Waals surface area contributed by atoms with Crippen molar-refractivity contribution in [2.75, 3.05) is 0 Å². The molecule has 5 heteroatoms. The van der Waals surface area contributed by atoms with Gasteiger partial charge in [0.05, 0.1) is 10.4 Å². The van der Waals surface area contributed by atoms with Gasteiger partial charge in [0.15, 0.2) is 0 Å². The van der Waals surface area contributed by atoms with Gasteiger partial charge in [0.25, 0.3) is 5.69 Å². The van der Waals surface area contributed by atoms with E-state index in [1.165, 1.54) is 5.39 Å². The standard InChI is InChI=1S/C25H16N2O3/c1-26-21-8-4-2-6-17(21)19-14-20-18-7-3-5-9-22(18)30-25(20)23(24(19)26)15-10-12-16(13-11-15)27(28)29/h2-14H,1H3. The lowest BCUT2D eigenvalue weighted by atomic mass is 9.98. The van der Waals surface area contributed by atoms with Crippen LogP contribution in [0, 0.1) is 10.1 Å². The second-order valence-electron chi connectivity index (χ2n) is 7.50. The maximum absolute atomic E-state index is 11.1. The first kappa shape index (κ1) is 16.8. The van der Waals surface area contributed by atoms with E-state index in [0.717, 1.165) is 49.5 Å². The predicted octanol–water partition coefficient (Wildman–Crippen LogP) is 6.81. The smallest absolute Gasteiger partial charge is 0.269 e. The molecule has 0 aliphatic rings. The molecule has 0 fully saturated rings. The third kappa shape index (κ3) is 2.17. The van der Waals surface area contributed by atoms with E-state index in [1.54, 1.807) is 24.3 Å². The van der Waals surface area contributed by atoms with Crippen LogP contribution >= 0.6 is 0 Å². The summed E-state index contributed by atoms with van der Waals surface area (Å²) in [5.74, 6) is 0. The SMILES string of the molecule is Cn1c2ccccc2c2cc3c(oc4ccccc43)c(-c3ccc([N+](=O)[O-])cc3)c21. The number of hydrogen-bond acceptors (Lipinski definition) is 3. The van der Waals surface area contributed by atoms with E-state index in [0.29, 0.717) is 0 Å². The Hall–Kier alpha value is -4.12. The zero-order chi connectivity index (χ0) is 20.4. The molecule has 0 aliphatic carbocycles. The van der Waals surface area contributed by atoms with Crippen LogP contribution in [0.4, 0.5) is 5.69 Å². The fourth-order valence-electron chi connectivity index (χ4n) is 4.53.